The van der Waals surface area contributed by atoms with Crippen LogP contribution in [-0.4, -0.2) is 62.8 Å². The molecule has 31 heavy (non-hydrogen) atoms. The van der Waals surface area contributed by atoms with Crippen molar-refractivity contribution in [3.8, 4) is 5.75 Å². The Morgan fingerprint density at radius 2 is 1.84 bits per heavy atom. The molecule has 2 fully saturated rings. The number of piperidine rings is 1. The van der Waals surface area contributed by atoms with Gasteiger partial charge in [-0.15, -0.1) is 10.2 Å². The Labute approximate surface area is 182 Å². The molecule has 8 heteroatoms. The molecule has 2 aromatic rings. The summed E-state index contributed by atoms with van der Waals surface area (Å²) < 4.78 is 20.9. The first kappa shape index (κ1) is 20.4. The average Bonchev–Trinajstić information content (AvgIpc) is 3.48. The predicted octanol–water partition coefficient (Wildman–Crippen LogP) is 2.96. The number of carbonyl (C=O) groups excluding carboxylic acids is 1. The lowest BCUT2D eigenvalue weighted by Crippen LogP contribution is -2.43. The third-order valence-electron chi connectivity index (χ3n) is 6.97. The number of fused-ring (bicyclic) bond motifs is 1. The lowest BCUT2D eigenvalue weighted by molar-refractivity contribution is -0.134. The highest BCUT2D eigenvalue weighted by atomic mass is 19.1. The number of ether oxygens (including phenoxy) is 1. The molecule has 2 aliphatic heterocycles. The Morgan fingerprint density at radius 3 is 2.65 bits per heavy atom. The van der Waals surface area contributed by atoms with Crippen LogP contribution >= 0.6 is 0 Å². The van der Waals surface area contributed by atoms with Gasteiger partial charge >= 0.3 is 0 Å². The third-order valence-corrected chi connectivity index (χ3v) is 6.97. The lowest BCUT2D eigenvalue weighted by atomic mass is 9.97. The molecule has 1 aliphatic carbocycles. The number of benzene rings is 1. The topological polar surface area (TPSA) is 63.5 Å². The first-order valence-electron chi connectivity index (χ1n) is 11.5. The van der Waals surface area contributed by atoms with Gasteiger partial charge < -0.3 is 14.2 Å². The van der Waals surface area contributed by atoms with Crippen molar-refractivity contribution in [1.29, 1.82) is 0 Å². The second-order valence-electron chi connectivity index (χ2n) is 8.96. The van der Waals surface area contributed by atoms with E-state index in [2.05, 4.69) is 19.7 Å². The molecule has 1 amide bonds. The van der Waals surface area contributed by atoms with E-state index >= 15 is 0 Å². The zero-order valence-corrected chi connectivity index (χ0v) is 17.9. The van der Waals surface area contributed by atoms with Gasteiger partial charge in [-0.1, -0.05) is 12.8 Å². The summed E-state index contributed by atoms with van der Waals surface area (Å²) in [5.74, 6) is 2.44. The molecule has 3 heterocycles. The van der Waals surface area contributed by atoms with Crippen LogP contribution < -0.4 is 4.74 Å². The molecule has 1 saturated heterocycles. The van der Waals surface area contributed by atoms with Crippen LogP contribution in [0.3, 0.4) is 0 Å². The Balaban J connectivity index is 1.20. The maximum Gasteiger partial charge on any atom is 0.260 e. The van der Waals surface area contributed by atoms with Crippen LogP contribution in [0, 0.1) is 5.82 Å². The standard InChI is InChI=1S/C23H30FN5O2/c24-18-7-9-20(10-8-18)31-16-22(30)28-11-3-4-17(14-28)23-26-25-21-15-27(12-13-29(21)23)19-5-1-2-6-19/h7-10,17,19H,1-6,11-16H2. The molecule has 1 unspecified atom stereocenters. The number of aromatic nitrogens is 3. The molecule has 7 nitrogen and oxygen atoms in total. The van der Waals surface area contributed by atoms with Gasteiger partial charge in [0.15, 0.2) is 6.61 Å². The molecule has 0 N–H and O–H groups in total. The lowest BCUT2D eigenvalue weighted by Gasteiger charge is -2.35. The van der Waals surface area contributed by atoms with E-state index in [1.165, 1.54) is 37.8 Å². The Morgan fingerprint density at radius 1 is 1.03 bits per heavy atom. The minimum absolute atomic E-state index is 0.0351. The van der Waals surface area contributed by atoms with Crippen molar-refractivity contribution in [1.82, 2.24) is 24.6 Å². The van der Waals surface area contributed by atoms with Crippen LogP contribution in [0.15, 0.2) is 24.3 Å². The number of rotatable bonds is 5. The van der Waals surface area contributed by atoms with Crippen molar-refractivity contribution in [3.63, 3.8) is 0 Å². The fourth-order valence-electron chi connectivity index (χ4n) is 5.26. The van der Waals surface area contributed by atoms with Gasteiger partial charge in [0.25, 0.3) is 5.91 Å². The minimum atomic E-state index is -0.319. The molecule has 1 saturated carbocycles. The van der Waals surface area contributed by atoms with Gasteiger partial charge in [-0.05, 0) is 49.9 Å². The highest BCUT2D eigenvalue weighted by Crippen LogP contribution is 2.30. The number of likely N-dealkylation sites (tertiary alicyclic amines) is 1. The molecule has 0 spiro atoms. The second-order valence-corrected chi connectivity index (χ2v) is 8.96. The van der Waals surface area contributed by atoms with E-state index in [0.717, 1.165) is 50.7 Å². The second kappa shape index (κ2) is 8.94. The molecule has 0 radical (unpaired) electrons. The normalized spacial score (nSPS) is 22.5. The summed E-state index contributed by atoms with van der Waals surface area (Å²) in [6.45, 7) is 4.23. The molecular weight excluding hydrogens is 397 g/mol. The predicted molar refractivity (Wildman–Crippen MR) is 113 cm³/mol. The third kappa shape index (κ3) is 4.44. The molecule has 1 aromatic carbocycles. The molecular formula is C23H30FN5O2. The van der Waals surface area contributed by atoms with E-state index < -0.39 is 0 Å². The van der Waals surface area contributed by atoms with Gasteiger partial charge in [0.05, 0.1) is 6.54 Å². The number of hydrogen-bond donors (Lipinski definition) is 0. The van der Waals surface area contributed by atoms with Crippen LogP contribution in [0.5, 0.6) is 5.75 Å². The number of halogens is 1. The molecule has 0 bridgehead atoms. The van der Waals surface area contributed by atoms with Crippen molar-refractivity contribution in [3.05, 3.63) is 41.7 Å². The number of carbonyl (C=O) groups is 1. The van der Waals surface area contributed by atoms with Gasteiger partial charge in [-0.2, -0.15) is 0 Å². The Hall–Kier alpha value is -2.48. The summed E-state index contributed by atoms with van der Waals surface area (Å²) in [5.41, 5.74) is 0. The Kier molecular flexibility index (Phi) is 5.89. The van der Waals surface area contributed by atoms with E-state index in [4.69, 9.17) is 4.74 Å². The van der Waals surface area contributed by atoms with Gasteiger partial charge in [-0.3, -0.25) is 9.69 Å². The summed E-state index contributed by atoms with van der Waals surface area (Å²) in [7, 11) is 0. The summed E-state index contributed by atoms with van der Waals surface area (Å²) >= 11 is 0. The molecule has 1 atom stereocenters. The van der Waals surface area contributed by atoms with Crippen molar-refractivity contribution >= 4 is 5.91 Å². The van der Waals surface area contributed by atoms with Gasteiger partial charge in [0, 0.05) is 38.1 Å². The van der Waals surface area contributed by atoms with E-state index in [0.29, 0.717) is 18.3 Å². The summed E-state index contributed by atoms with van der Waals surface area (Å²) in [4.78, 5) is 17.2. The first-order valence-corrected chi connectivity index (χ1v) is 11.5. The Bertz CT molecular complexity index is 909. The average molecular weight is 428 g/mol. The minimum Gasteiger partial charge on any atom is -0.484 e. The first-order chi connectivity index (χ1) is 15.2. The summed E-state index contributed by atoms with van der Waals surface area (Å²) in [5, 5.41) is 9.08. The van der Waals surface area contributed by atoms with Gasteiger partial charge in [0.2, 0.25) is 0 Å². The SMILES string of the molecule is O=C(COc1ccc(F)cc1)N1CCCC(c2nnc3n2CCN(C2CCCC2)C3)C1. The van der Waals surface area contributed by atoms with E-state index in [9.17, 15) is 9.18 Å². The largest absolute Gasteiger partial charge is 0.484 e. The summed E-state index contributed by atoms with van der Waals surface area (Å²) in [6.07, 6.45) is 7.27. The number of amides is 1. The van der Waals surface area contributed by atoms with Crippen molar-refractivity contribution in [2.24, 2.45) is 0 Å². The van der Waals surface area contributed by atoms with E-state index in [1.54, 1.807) is 12.1 Å². The monoisotopic (exact) mass is 427 g/mol. The van der Waals surface area contributed by atoms with Crippen LogP contribution in [0.1, 0.15) is 56.1 Å². The van der Waals surface area contributed by atoms with Crippen molar-refractivity contribution in [2.75, 3.05) is 26.2 Å². The highest BCUT2D eigenvalue weighted by molar-refractivity contribution is 5.78. The highest BCUT2D eigenvalue weighted by Gasteiger charge is 2.32. The maximum absolute atomic E-state index is 13.0. The fourth-order valence-corrected chi connectivity index (χ4v) is 5.26. The van der Waals surface area contributed by atoms with E-state index in [-0.39, 0.29) is 24.2 Å². The van der Waals surface area contributed by atoms with Gasteiger partial charge in [0.1, 0.15) is 23.2 Å². The quantitative estimate of drug-likeness (QED) is 0.734. The molecule has 1 aromatic heterocycles. The smallest absolute Gasteiger partial charge is 0.260 e. The molecule has 166 valence electrons. The van der Waals surface area contributed by atoms with E-state index in [1.807, 2.05) is 4.90 Å². The fraction of sp³-hybridized carbons (Fsp3) is 0.609. The van der Waals surface area contributed by atoms with Crippen molar-refractivity contribution in [2.45, 2.75) is 63.6 Å². The zero-order chi connectivity index (χ0) is 21.2. The molecule has 5 rings (SSSR count). The van der Waals surface area contributed by atoms with Crippen molar-refractivity contribution < 1.29 is 13.9 Å². The zero-order valence-electron chi connectivity index (χ0n) is 17.9. The van der Waals surface area contributed by atoms with Gasteiger partial charge in [-0.25, -0.2) is 4.39 Å². The summed E-state index contributed by atoms with van der Waals surface area (Å²) in [6, 6.07) is 6.45. The number of nitrogens with zero attached hydrogens (tertiary/aromatic N) is 5. The molecule has 3 aliphatic rings. The maximum atomic E-state index is 13.0. The number of hydrogen-bond acceptors (Lipinski definition) is 5. The van der Waals surface area contributed by atoms with Crippen LogP contribution in [0.25, 0.3) is 0 Å². The van der Waals surface area contributed by atoms with Crippen LogP contribution in [0.2, 0.25) is 0 Å². The van der Waals surface area contributed by atoms with Crippen LogP contribution in [-0.2, 0) is 17.9 Å². The van der Waals surface area contributed by atoms with Crippen LogP contribution in [0.4, 0.5) is 4.39 Å².